The number of sulfonamides is 1. The molecule has 0 bridgehead atoms. The quantitative estimate of drug-likeness (QED) is 0.130. The number of carbonyl (C=O) groups excluding carboxylic acids is 1. The number of hydrogen-bond donors (Lipinski definition) is 5. The van der Waals surface area contributed by atoms with Crippen molar-refractivity contribution < 1.29 is 40.7 Å². The average molecular weight is 576 g/mol. The lowest BCUT2D eigenvalue weighted by atomic mass is 10.1. The number of thiophene rings is 1. The lowest BCUT2D eigenvalue weighted by molar-refractivity contribution is -0.192. The van der Waals surface area contributed by atoms with Crippen molar-refractivity contribution in [1.82, 2.24) is 9.62 Å². The van der Waals surface area contributed by atoms with Crippen LogP contribution in [0.15, 0.2) is 46.7 Å². The molecule has 1 unspecified atom stereocenters. The van der Waals surface area contributed by atoms with Gasteiger partial charge in [0.25, 0.3) is 10.0 Å². The molecule has 4 rings (SSSR count). The third-order valence-corrected chi connectivity index (χ3v) is 8.42. The van der Waals surface area contributed by atoms with Gasteiger partial charge in [-0.2, -0.15) is 17.9 Å². The first-order chi connectivity index (χ1) is 17.6. The van der Waals surface area contributed by atoms with Crippen molar-refractivity contribution in [3.05, 3.63) is 59.4 Å². The third-order valence-electron chi connectivity index (χ3n) is 5.38. The van der Waals surface area contributed by atoms with Crippen molar-refractivity contribution in [2.75, 3.05) is 12.3 Å². The maximum atomic E-state index is 13.4. The van der Waals surface area contributed by atoms with Crippen molar-refractivity contribution >= 4 is 54.8 Å². The summed E-state index contributed by atoms with van der Waals surface area (Å²) < 4.78 is 73.8. The SMILES string of the molecule is N=C(N)c1ccc(N)c(CN2CCC(NS(=O)(=O)c3cc4ccc(F)cc4s3)C2=O)c1.O=C(O)C(F)(F)F. The van der Waals surface area contributed by atoms with Crippen LogP contribution >= 0.6 is 11.3 Å². The average Bonchev–Trinajstić information content (AvgIpc) is 3.39. The van der Waals surface area contributed by atoms with Gasteiger partial charge < -0.3 is 21.5 Å². The molecule has 16 heteroatoms. The minimum absolute atomic E-state index is 0.0257. The molecule has 1 aliphatic heterocycles. The number of carboxylic acids is 1. The molecule has 1 aromatic heterocycles. The molecule has 1 amide bonds. The number of halogens is 4. The second-order valence-corrected chi connectivity index (χ2v) is 11.1. The zero-order valence-electron chi connectivity index (χ0n) is 19.3. The summed E-state index contributed by atoms with van der Waals surface area (Å²) >= 11 is 0.949. The predicted octanol–water partition coefficient (Wildman–Crippen LogP) is 2.62. The molecule has 7 N–H and O–H groups in total. The largest absolute Gasteiger partial charge is 0.490 e. The van der Waals surface area contributed by atoms with E-state index in [9.17, 15) is 30.8 Å². The van der Waals surface area contributed by atoms with E-state index in [-0.39, 0.29) is 22.5 Å². The number of hydrogen-bond acceptors (Lipinski definition) is 7. The number of amidine groups is 1. The zero-order chi connectivity index (χ0) is 28.4. The van der Waals surface area contributed by atoms with E-state index < -0.39 is 34.0 Å². The van der Waals surface area contributed by atoms with Crippen molar-refractivity contribution in [3.63, 3.8) is 0 Å². The van der Waals surface area contributed by atoms with Crippen LogP contribution in [-0.4, -0.2) is 54.9 Å². The molecule has 1 fully saturated rings. The number of rotatable bonds is 6. The van der Waals surface area contributed by atoms with E-state index in [2.05, 4.69) is 4.72 Å². The number of nitrogens with zero attached hydrogens (tertiary/aromatic N) is 1. The summed E-state index contributed by atoms with van der Waals surface area (Å²) in [5.74, 6) is -3.67. The number of nitrogens with one attached hydrogen (secondary N) is 2. The number of fused-ring (bicyclic) bond motifs is 1. The van der Waals surface area contributed by atoms with Crippen molar-refractivity contribution in [2.24, 2.45) is 5.73 Å². The fourth-order valence-corrected chi connectivity index (χ4v) is 6.14. The van der Waals surface area contributed by atoms with Gasteiger partial charge in [0, 0.05) is 29.0 Å². The van der Waals surface area contributed by atoms with Crippen LogP contribution in [0.4, 0.5) is 23.2 Å². The normalized spacial score (nSPS) is 15.8. The van der Waals surface area contributed by atoms with Crippen LogP contribution in [-0.2, 0) is 26.2 Å². The van der Waals surface area contributed by atoms with Gasteiger partial charge in [0.15, 0.2) is 0 Å². The van der Waals surface area contributed by atoms with Crippen LogP contribution in [0, 0.1) is 11.2 Å². The molecule has 0 saturated carbocycles. The van der Waals surface area contributed by atoms with Crippen LogP contribution in [0.2, 0.25) is 0 Å². The number of aliphatic carboxylic acids is 1. The highest BCUT2D eigenvalue weighted by Crippen LogP contribution is 2.30. The predicted molar refractivity (Wildman–Crippen MR) is 131 cm³/mol. The molecule has 1 aliphatic rings. The van der Waals surface area contributed by atoms with E-state index in [1.807, 2.05) is 0 Å². The maximum absolute atomic E-state index is 13.4. The molecular weight excluding hydrogens is 554 g/mol. The van der Waals surface area contributed by atoms with Crippen LogP contribution in [0.25, 0.3) is 10.1 Å². The molecule has 0 radical (unpaired) electrons. The molecule has 0 spiro atoms. The summed E-state index contributed by atoms with van der Waals surface area (Å²) in [6.07, 6.45) is -4.77. The second kappa shape index (κ2) is 10.9. The zero-order valence-corrected chi connectivity index (χ0v) is 20.9. The number of likely N-dealkylation sites (tertiary alicyclic amines) is 1. The minimum atomic E-state index is -5.08. The van der Waals surface area contributed by atoms with Crippen LogP contribution in [0.3, 0.4) is 0 Å². The van der Waals surface area contributed by atoms with Gasteiger partial charge >= 0.3 is 12.1 Å². The van der Waals surface area contributed by atoms with Crippen molar-refractivity contribution in [1.29, 1.82) is 5.41 Å². The molecule has 204 valence electrons. The summed E-state index contributed by atoms with van der Waals surface area (Å²) in [4.78, 5) is 23.2. The maximum Gasteiger partial charge on any atom is 0.490 e. The fraction of sp³-hybridized carbons (Fsp3) is 0.227. The monoisotopic (exact) mass is 575 g/mol. The van der Waals surface area contributed by atoms with Gasteiger partial charge in [0.2, 0.25) is 5.91 Å². The summed E-state index contributed by atoms with van der Waals surface area (Å²) in [7, 11) is -3.94. The topological polar surface area (TPSA) is 180 Å². The summed E-state index contributed by atoms with van der Waals surface area (Å²) in [5, 5.41) is 15.3. The Morgan fingerprint density at radius 3 is 2.47 bits per heavy atom. The van der Waals surface area contributed by atoms with Gasteiger partial charge in [-0.3, -0.25) is 10.2 Å². The van der Waals surface area contributed by atoms with Crippen molar-refractivity contribution in [2.45, 2.75) is 29.4 Å². The Morgan fingerprint density at radius 2 is 1.87 bits per heavy atom. The first kappa shape index (κ1) is 28.8. The Kier molecular flexibility index (Phi) is 8.28. The first-order valence-corrected chi connectivity index (χ1v) is 12.9. The van der Waals surface area contributed by atoms with Crippen LogP contribution < -0.4 is 16.2 Å². The lowest BCUT2D eigenvalue weighted by Crippen LogP contribution is -2.41. The highest BCUT2D eigenvalue weighted by molar-refractivity contribution is 7.91. The smallest absolute Gasteiger partial charge is 0.475 e. The number of alkyl halides is 3. The highest BCUT2D eigenvalue weighted by atomic mass is 32.2. The number of anilines is 1. The van der Waals surface area contributed by atoms with Gasteiger partial charge in [0.1, 0.15) is 21.9 Å². The molecule has 38 heavy (non-hydrogen) atoms. The van der Waals surface area contributed by atoms with Gasteiger partial charge in [-0.1, -0.05) is 6.07 Å². The van der Waals surface area contributed by atoms with Crippen LogP contribution in [0.5, 0.6) is 0 Å². The molecule has 2 aromatic carbocycles. The standard InChI is InChI=1S/C20H20FN5O3S2.C2HF3O2/c21-14-3-1-11-8-18(30-17(11)9-14)31(28,29)25-16-5-6-26(20(16)27)10-13-7-12(19(23)24)2-4-15(13)22;3-2(4,5)1(6)7/h1-4,7-9,16,25H,5-6,10,22H2,(H3,23,24);(H,6,7). The van der Waals surface area contributed by atoms with E-state index in [1.165, 1.54) is 29.2 Å². The van der Waals surface area contributed by atoms with E-state index >= 15 is 0 Å². The minimum Gasteiger partial charge on any atom is -0.475 e. The summed E-state index contributed by atoms with van der Waals surface area (Å²) in [6, 6.07) is 9.53. The van der Waals surface area contributed by atoms with Crippen molar-refractivity contribution in [3.8, 4) is 0 Å². The number of carboxylic acid groups (broad SMARTS) is 1. The van der Waals surface area contributed by atoms with E-state index in [4.69, 9.17) is 26.8 Å². The van der Waals surface area contributed by atoms with Crippen LogP contribution in [0.1, 0.15) is 17.5 Å². The van der Waals surface area contributed by atoms with Gasteiger partial charge in [-0.05, 0) is 53.8 Å². The molecule has 3 aromatic rings. The van der Waals surface area contributed by atoms with Gasteiger partial charge in [0.05, 0.1) is 0 Å². The Morgan fingerprint density at radius 1 is 1.21 bits per heavy atom. The number of amides is 1. The molecule has 2 heterocycles. The van der Waals surface area contributed by atoms with E-state index in [0.29, 0.717) is 39.9 Å². The highest BCUT2D eigenvalue weighted by Gasteiger charge is 2.38. The van der Waals surface area contributed by atoms with Gasteiger partial charge in [-0.15, -0.1) is 11.3 Å². The Hall–Kier alpha value is -3.76. The van der Waals surface area contributed by atoms with Gasteiger partial charge in [-0.25, -0.2) is 17.6 Å². The number of benzene rings is 2. The third kappa shape index (κ3) is 6.76. The molecule has 1 saturated heterocycles. The first-order valence-electron chi connectivity index (χ1n) is 10.6. The molecular formula is C22H21F4N5O5S2. The molecule has 10 nitrogen and oxygen atoms in total. The Balaban J connectivity index is 0.000000505. The fourth-order valence-electron chi connectivity index (χ4n) is 3.48. The lowest BCUT2D eigenvalue weighted by Gasteiger charge is -2.19. The number of nitrogens with two attached hydrogens (primary N) is 2. The summed E-state index contributed by atoms with van der Waals surface area (Å²) in [6.45, 7) is 0.541. The second-order valence-electron chi connectivity index (χ2n) is 8.10. The van der Waals surface area contributed by atoms with E-state index in [1.54, 1.807) is 18.2 Å². The summed E-state index contributed by atoms with van der Waals surface area (Å²) in [5.41, 5.74) is 13.1. The molecule has 0 aliphatic carbocycles. The Bertz CT molecular complexity index is 1510. The van der Waals surface area contributed by atoms with E-state index in [0.717, 1.165) is 11.3 Å². The number of carbonyl (C=O) groups is 2. The Labute approximate surface area is 217 Å². The number of nitrogen functional groups attached to an aromatic ring is 2. The molecule has 1 atom stereocenters.